The second-order valence-electron chi connectivity index (χ2n) is 14.7. The third-order valence-corrected chi connectivity index (χ3v) is 9.88. The van der Waals surface area contributed by atoms with Crippen LogP contribution < -0.4 is 5.32 Å². The number of hydrogen-bond acceptors (Lipinski definition) is 13. The summed E-state index contributed by atoms with van der Waals surface area (Å²) in [7, 11) is 0. The molecule has 2 aliphatic rings. The minimum atomic E-state index is -1.79. The van der Waals surface area contributed by atoms with Gasteiger partial charge in [-0.05, 0) is 57.8 Å². The maximum absolute atomic E-state index is 12.9. The van der Waals surface area contributed by atoms with Gasteiger partial charge in [-0.2, -0.15) is 0 Å². The zero-order chi connectivity index (χ0) is 42.5. The van der Waals surface area contributed by atoms with Gasteiger partial charge < -0.3 is 65.1 Å². The molecule has 2 aliphatic heterocycles. The Morgan fingerprint density at radius 2 is 1.19 bits per heavy atom. The van der Waals surface area contributed by atoms with Crippen molar-refractivity contribution in [3.8, 4) is 0 Å². The normalized spacial score (nSPS) is 29.6. The van der Waals surface area contributed by atoms with Crippen LogP contribution in [0.3, 0.4) is 0 Å². The van der Waals surface area contributed by atoms with Crippen molar-refractivity contribution in [2.45, 2.75) is 177 Å². The molecule has 0 saturated carbocycles. The van der Waals surface area contributed by atoms with E-state index in [1.165, 1.54) is 0 Å². The quantitative estimate of drug-likeness (QED) is 0.0390. The SMILES string of the molecule is CC/C=C\C/C=C\C/C=C\C/C=C\C/C=C\CCCCCCCC(=O)NC(COC1OC(CO)C(OC2OC(CO)C(O)C(O)C2O)C(O)C1O)C(O)/C=C/CCC. The van der Waals surface area contributed by atoms with Crippen molar-refractivity contribution in [1.82, 2.24) is 5.32 Å². The summed E-state index contributed by atoms with van der Waals surface area (Å²) in [6.07, 6.45) is 20.6. The average Bonchev–Trinajstić information content (AvgIpc) is 3.22. The van der Waals surface area contributed by atoms with Crippen molar-refractivity contribution in [2.24, 2.45) is 0 Å². The van der Waals surface area contributed by atoms with E-state index >= 15 is 0 Å². The van der Waals surface area contributed by atoms with E-state index in [9.17, 15) is 45.6 Å². The second kappa shape index (κ2) is 31.3. The number of aliphatic hydroxyl groups excluding tert-OH is 8. The molecule has 0 aliphatic carbocycles. The number of ether oxygens (including phenoxy) is 4. The van der Waals surface area contributed by atoms with E-state index in [1.807, 2.05) is 6.92 Å². The molecule has 0 aromatic carbocycles. The minimum Gasteiger partial charge on any atom is -0.394 e. The van der Waals surface area contributed by atoms with Crippen LogP contribution >= 0.6 is 0 Å². The third-order valence-electron chi connectivity index (χ3n) is 9.88. The first kappa shape index (κ1) is 51.6. The summed E-state index contributed by atoms with van der Waals surface area (Å²) >= 11 is 0. The topological polar surface area (TPSA) is 228 Å². The Hall–Kier alpha value is -2.57. The van der Waals surface area contributed by atoms with Crippen molar-refractivity contribution in [1.29, 1.82) is 0 Å². The van der Waals surface area contributed by atoms with Crippen molar-refractivity contribution < 1.29 is 64.6 Å². The second-order valence-corrected chi connectivity index (χ2v) is 14.7. The summed E-state index contributed by atoms with van der Waals surface area (Å²) in [4.78, 5) is 12.9. The minimum absolute atomic E-state index is 0.251. The van der Waals surface area contributed by atoms with Crippen LogP contribution in [0.5, 0.6) is 0 Å². The summed E-state index contributed by atoms with van der Waals surface area (Å²) < 4.78 is 22.4. The fourth-order valence-electron chi connectivity index (χ4n) is 6.38. The molecule has 0 bridgehead atoms. The molecule has 2 fully saturated rings. The van der Waals surface area contributed by atoms with Crippen molar-refractivity contribution in [3.05, 3.63) is 72.9 Å². The molecule has 2 saturated heterocycles. The van der Waals surface area contributed by atoms with E-state index in [1.54, 1.807) is 12.2 Å². The predicted molar refractivity (Wildman–Crippen MR) is 221 cm³/mol. The van der Waals surface area contributed by atoms with Crippen molar-refractivity contribution in [3.63, 3.8) is 0 Å². The summed E-state index contributed by atoms with van der Waals surface area (Å²) in [5, 5.41) is 85.6. The fraction of sp³-hybridized carbons (Fsp3) is 0.705. The first-order chi connectivity index (χ1) is 28.1. The van der Waals surface area contributed by atoms with Gasteiger partial charge in [0.2, 0.25) is 5.91 Å². The van der Waals surface area contributed by atoms with E-state index < -0.39 is 86.8 Å². The lowest BCUT2D eigenvalue weighted by molar-refractivity contribution is -0.359. The molecule has 0 spiro atoms. The van der Waals surface area contributed by atoms with Gasteiger partial charge in [-0.3, -0.25) is 4.79 Å². The van der Waals surface area contributed by atoms with Crippen LogP contribution in [0.25, 0.3) is 0 Å². The Kier molecular flexibility index (Phi) is 27.9. The molecular formula is C44H73NO13. The smallest absolute Gasteiger partial charge is 0.220 e. The largest absolute Gasteiger partial charge is 0.394 e. The summed E-state index contributed by atoms with van der Waals surface area (Å²) in [6, 6.07) is -0.923. The molecule has 12 atom stereocenters. The van der Waals surface area contributed by atoms with Crippen molar-refractivity contribution in [2.75, 3.05) is 19.8 Å². The lowest BCUT2D eigenvalue weighted by atomic mass is 9.97. The number of hydrogen-bond donors (Lipinski definition) is 9. The Bertz CT molecular complexity index is 1250. The van der Waals surface area contributed by atoms with Crippen molar-refractivity contribution >= 4 is 5.91 Å². The van der Waals surface area contributed by atoms with Crippen LogP contribution in [0.2, 0.25) is 0 Å². The maximum atomic E-state index is 12.9. The van der Waals surface area contributed by atoms with Gasteiger partial charge in [-0.25, -0.2) is 0 Å². The lowest BCUT2D eigenvalue weighted by Crippen LogP contribution is -2.65. The number of nitrogens with one attached hydrogen (secondary N) is 1. The number of aliphatic hydroxyl groups is 8. The summed E-state index contributed by atoms with van der Waals surface area (Å²) in [5.74, 6) is -0.276. The number of carbonyl (C=O) groups is 1. The first-order valence-electron chi connectivity index (χ1n) is 21.2. The van der Waals surface area contributed by atoms with Crippen LogP contribution in [0.15, 0.2) is 72.9 Å². The maximum Gasteiger partial charge on any atom is 0.220 e. The van der Waals surface area contributed by atoms with E-state index in [0.29, 0.717) is 12.8 Å². The number of unbranched alkanes of at least 4 members (excludes halogenated alkanes) is 6. The molecule has 14 heteroatoms. The van der Waals surface area contributed by atoms with Gasteiger partial charge in [0.25, 0.3) is 0 Å². The van der Waals surface area contributed by atoms with Crippen LogP contribution in [0.1, 0.15) is 104 Å². The Morgan fingerprint density at radius 1 is 0.638 bits per heavy atom. The van der Waals surface area contributed by atoms with E-state index in [4.69, 9.17) is 18.9 Å². The number of carbonyl (C=O) groups excluding carboxylic acids is 1. The Balaban J connectivity index is 1.74. The number of allylic oxidation sites excluding steroid dienone is 11. The molecule has 58 heavy (non-hydrogen) atoms. The average molecular weight is 824 g/mol. The first-order valence-corrected chi connectivity index (χ1v) is 21.2. The molecule has 2 rings (SSSR count). The van der Waals surface area contributed by atoms with Gasteiger partial charge in [0.1, 0.15) is 48.8 Å². The molecule has 1 amide bonds. The standard InChI is InChI=1S/C44H73NO13/c1-3-5-7-8-9-10-11-12-13-14-15-16-17-18-19-20-21-22-23-24-26-28-36(49)45-32(33(48)27-25-6-4-2)31-55-43-41(54)39(52)42(35(30-47)57-43)58-44-40(53)38(51)37(50)34(29-46)56-44/h5,7,9-10,12-13,15-16,18-19,25,27,32-35,37-44,46-48,50-54H,3-4,6,8,11,14,17,20-24,26,28-31H2,1-2H3,(H,45,49)/b7-5-,10-9-,13-12-,16-15-,19-18-,27-25+. The van der Waals surface area contributed by atoms with Gasteiger partial charge in [-0.1, -0.05) is 112 Å². The number of amides is 1. The zero-order valence-corrected chi connectivity index (χ0v) is 34.5. The van der Waals surface area contributed by atoms with Gasteiger partial charge in [0.05, 0.1) is 32.0 Å². The third kappa shape index (κ3) is 19.7. The Morgan fingerprint density at radius 3 is 1.79 bits per heavy atom. The molecule has 14 nitrogen and oxygen atoms in total. The highest BCUT2D eigenvalue weighted by Crippen LogP contribution is 2.29. The summed E-state index contributed by atoms with van der Waals surface area (Å²) in [5.41, 5.74) is 0. The van der Waals surface area contributed by atoms with Gasteiger partial charge in [0.15, 0.2) is 12.6 Å². The highest BCUT2D eigenvalue weighted by Gasteiger charge is 2.50. The molecule has 12 unspecified atom stereocenters. The number of rotatable bonds is 29. The van der Waals surface area contributed by atoms with Gasteiger partial charge in [-0.15, -0.1) is 0 Å². The predicted octanol–water partition coefficient (Wildman–Crippen LogP) is 3.31. The lowest BCUT2D eigenvalue weighted by Gasteiger charge is -2.46. The zero-order valence-electron chi connectivity index (χ0n) is 34.5. The van der Waals surface area contributed by atoms with Gasteiger partial charge >= 0.3 is 0 Å². The molecule has 9 N–H and O–H groups in total. The van der Waals surface area contributed by atoms with Crippen LogP contribution in [0, 0.1) is 0 Å². The van der Waals surface area contributed by atoms with E-state index in [2.05, 4.69) is 73.0 Å². The van der Waals surface area contributed by atoms with Crippen LogP contribution in [-0.4, -0.2) is 140 Å². The fourth-order valence-corrected chi connectivity index (χ4v) is 6.38. The van der Waals surface area contributed by atoms with E-state index in [-0.39, 0.29) is 18.9 Å². The monoisotopic (exact) mass is 824 g/mol. The molecular weight excluding hydrogens is 750 g/mol. The summed E-state index contributed by atoms with van der Waals surface area (Å²) in [6.45, 7) is 2.38. The van der Waals surface area contributed by atoms with Crippen LogP contribution in [-0.2, 0) is 23.7 Å². The van der Waals surface area contributed by atoms with Gasteiger partial charge in [0, 0.05) is 6.42 Å². The molecule has 0 aromatic heterocycles. The highest BCUT2D eigenvalue weighted by molar-refractivity contribution is 5.76. The molecule has 0 radical (unpaired) electrons. The van der Waals surface area contributed by atoms with E-state index in [0.717, 1.165) is 70.6 Å². The molecule has 0 aromatic rings. The molecule has 2 heterocycles. The molecule has 332 valence electrons. The van der Waals surface area contributed by atoms with Crippen LogP contribution in [0.4, 0.5) is 0 Å². The Labute approximate surface area is 345 Å². The highest BCUT2D eigenvalue weighted by atomic mass is 16.7.